The highest BCUT2D eigenvalue weighted by Crippen LogP contribution is 2.25. The molecule has 3 heteroatoms. The largest absolute Gasteiger partial charge is 0.351 e. The van der Waals surface area contributed by atoms with Gasteiger partial charge in [-0.05, 0) is 0 Å². The fraction of sp³-hybridized carbons (Fsp3) is 0.889. The number of carbonyl (C=O) groups excluding carboxylic acids is 1. The highest BCUT2D eigenvalue weighted by molar-refractivity contribution is 5.53. The Hall–Kier alpha value is -0.410. The first-order valence-electron chi connectivity index (χ1n) is 4.24. The van der Waals surface area contributed by atoms with Crippen LogP contribution >= 0.6 is 0 Å². The average molecular weight is 172 g/mol. The molecule has 0 bridgehead atoms. The van der Waals surface area contributed by atoms with Crippen LogP contribution in [-0.4, -0.2) is 25.8 Å². The first kappa shape index (κ1) is 9.68. The van der Waals surface area contributed by atoms with Crippen LogP contribution in [-0.2, 0) is 14.3 Å². The molecule has 0 aromatic heterocycles. The molecule has 1 heterocycles. The molecule has 1 saturated heterocycles. The zero-order chi connectivity index (χ0) is 9.19. The van der Waals surface area contributed by atoms with Gasteiger partial charge in [0.05, 0.1) is 19.1 Å². The van der Waals surface area contributed by atoms with Gasteiger partial charge in [0, 0.05) is 5.41 Å². The molecule has 0 saturated carbocycles. The van der Waals surface area contributed by atoms with Crippen LogP contribution in [0.3, 0.4) is 0 Å². The second-order valence-corrected chi connectivity index (χ2v) is 4.15. The van der Waals surface area contributed by atoms with Crippen LogP contribution in [0.15, 0.2) is 0 Å². The normalized spacial score (nSPS) is 26.6. The summed E-state index contributed by atoms with van der Waals surface area (Å²) in [6, 6.07) is 0. The number of carbonyl (C=O) groups is 1. The summed E-state index contributed by atoms with van der Waals surface area (Å²) in [7, 11) is 0. The van der Waals surface area contributed by atoms with Crippen molar-refractivity contribution in [2.24, 2.45) is 11.3 Å². The van der Waals surface area contributed by atoms with E-state index in [0.29, 0.717) is 13.2 Å². The molecule has 1 aliphatic rings. The Morgan fingerprint density at radius 3 is 2.33 bits per heavy atom. The van der Waals surface area contributed by atoms with Crippen LogP contribution in [0.1, 0.15) is 20.8 Å². The van der Waals surface area contributed by atoms with E-state index in [1.807, 2.05) is 0 Å². The van der Waals surface area contributed by atoms with E-state index in [2.05, 4.69) is 13.8 Å². The first-order valence-corrected chi connectivity index (χ1v) is 4.24. The summed E-state index contributed by atoms with van der Waals surface area (Å²) in [6.07, 6.45) is 0.527. The quantitative estimate of drug-likeness (QED) is 0.587. The van der Waals surface area contributed by atoms with E-state index in [0.717, 1.165) is 6.29 Å². The van der Waals surface area contributed by atoms with Crippen molar-refractivity contribution in [1.29, 1.82) is 0 Å². The Bertz CT molecular complexity index is 155. The van der Waals surface area contributed by atoms with Crippen molar-refractivity contribution in [3.63, 3.8) is 0 Å². The van der Waals surface area contributed by atoms with Gasteiger partial charge in [-0.25, -0.2) is 0 Å². The predicted molar refractivity (Wildman–Crippen MR) is 44.7 cm³/mol. The van der Waals surface area contributed by atoms with Crippen molar-refractivity contribution in [1.82, 2.24) is 0 Å². The molecule has 0 N–H and O–H groups in total. The maximum atomic E-state index is 10.4. The zero-order valence-corrected chi connectivity index (χ0v) is 7.87. The van der Waals surface area contributed by atoms with Crippen LogP contribution < -0.4 is 0 Å². The molecular weight excluding hydrogens is 156 g/mol. The topological polar surface area (TPSA) is 35.5 Å². The van der Waals surface area contributed by atoms with Gasteiger partial charge < -0.3 is 14.3 Å². The van der Waals surface area contributed by atoms with E-state index in [1.165, 1.54) is 0 Å². The molecule has 0 aromatic rings. The van der Waals surface area contributed by atoms with Gasteiger partial charge in [-0.1, -0.05) is 20.8 Å². The third kappa shape index (κ3) is 2.29. The number of hydrogen-bond donors (Lipinski definition) is 0. The lowest BCUT2D eigenvalue weighted by Gasteiger charge is -2.35. The monoisotopic (exact) mass is 172 g/mol. The second kappa shape index (κ2) is 3.54. The van der Waals surface area contributed by atoms with Crippen LogP contribution in [0, 0.1) is 11.3 Å². The van der Waals surface area contributed by atoms with Crippen LogP contribution in [0.5, 0.6) is 0 Å². The second-order valence-electron chi connectivity index (χ2n) is 4.15. The van der Waals surface area contributed by atoms with Gasteiger partial charge in [-0.2, -0.15) is 0 Å². The van der Waals surface area contributed by atoms with Crippen LogP contribution in [0.25, 0.3) is 0 Å². The van der Waals surface area contributed by atoms with E-state index in [4.69, 9.17) is 9.47 Å². The molecule has 1 rings (SSSR count). The fourth-order valence-electron chi connectivity index (χ4n) is 1.07. The van der Waals surface area contributed by atoms with Gasteiger partial charge in [0.2, 0.25) is 0 Å². The van der Waals surface area contributed by atoms with Crippen molar-refractivity contribution < 1.29 is 14.3 Å². The van der Waals surface area contributed by atoms with E-state index in [9.17, 15) is 4.79 Å². The van der Waals surface area contributed by atoms with Crippen molar-refractivity contribution in [3.8, 4) is 0 Å². The summed E-state index contributed by atoms with van der Waals surface area (Å²) >= 11 is 0. The van der Waals surface area contributed by atoms with Crippen molar-refractivity contribution >= 4 is 6.29 Å². The smallest absolute Gasteiger partial charge is 0.166 e. The highest BCUT2D eigenvalue weighted by atomic mass is 16.7. The van der Waals surface area contributed by atoms with Crippen molar-refractivity contribution in [2.75, 3.05) is 13.2 Å². The molecule has 70 valence electrons. The van der Waals surface area contributed by atoms with Crippen LogP contribution in [0.4, 0.5) is 0 Å². The fourth-order valence-corrected chi connectivity index (χ4v) is 1.07. The molecule has 1 atom stereocenters. The van der Waals surface area contributed by atoms with Gasteiger partial charge in [0.25, 0.3) is 0 Å². The molecule has 0 aromatic carbocycles. The third-order valence-electron chi connectivity index (χ3n) is 1.92. The predicted octanol–water partition coefficient (Wildman–Crippen LogP) is 1.22. The lowest BCUT2D eigenvalue weighted by Crippen LogP contribution is -2.41. The van der Waals surface area contributed by atoms with E-state index >= 15 is 0 Å². The maximum Gasteiger partial charge on any atom is 0.166 e. The summed E-state index contributed by atoms with van der Waals surface area (Å²) in [6.45, 7) is 7.28. The Balaban J connectivity index is 2.40. The molecule has 1 fully saturated rings. The Labute approximate surface area is 73.0 Å². The standard InChI is InChI=1S/C9H16O3/c1-7(4-10)8-11-5-9(2,3)6-12-8/h4,7-8H,5-6H2,1-3H3. The molecule has 12 heavy (non-hydrogen) atoms. The zero-order valence-electron chi connectivity index (χ0n) is 7.87. The number of ether oxygens (including phenoxy) is 2. The molecular formula is C9H16O3. The summed E-state index contributed by atoms with van der Waals surface area (Å²) in [5, 5.41) is 0. The summed E-state index contributed by atoms with van der Waals surface area (Å²) in [4.78, 5) is 10.4. The van der Waals surface area contributed by atoms with Gasteiger partial charge in [0.15, 0.2) is 6.29 Å². The van der Waals surface area contributed by atoms with Crippen molar-refractivity contribution in [2.45, 2.75) is 27.1 Å². The average Bonchev–Trinajstić information content (AvgIpc) is 2.03. The van der Waals surface area contributed by atoms with E-state index in [1.54, 1.807) is 6.92 Å². The van der Waals surface area contributed by atoms with Gasteiger partial charge in [-0.3, -0.25) is 0 Å². The molecule has 1 unspecified atom stereocenters. The lowest BCUT2D eigenvalue weighted by atomic mass is 9.95. The summed E-state index contributed by atoms with van der Waals surface area (Å²) in [5.74, 6) is -0.166. The van der Waals surface area contributed by atoms with Gasteiger partial charge in [-0.15, -0.1) is 0 Å². The molecule has 0 aliphatic carbocycles. The molecule has 1 aliphatic heterocycles. The molecule has 0 radical (unpaired) electrons. The van der Waals surface area contributed by atoms with Crippen molar-refractivity contribution in [3.05, 3.63) is 0 Å². The van der Waals surface area contributed by atoms with Gasteiger partial charge in [0.1, 0.15) is 6.29 Å². The summed E-state index contributed by atoms with van der Waals surface area (Å²) < 4.78 is 10.8. The number of hydrogen-bond acceptors (Lipinski definition) is 3. The van der Waals surface area contributed by atoms with Gasteiger partial charge >= 0.3 is 0 Å². The first-order chi connectivity index (χ1) is 5.55. The van der Waals surface area contributed by atoms with E-state index in [-0.39, 0.29) is 17.6 Å². The lowest BCUT2D eigenvalue weighted by molar-refractivity contribution is -0.236. The minimum atomic E-state index is -0.337. The number of rotatable bonds is 2. The Morgan fingerprint density at radius 1 is 1.42 bits per heavy atom. The molecule has 0 amide bonds. The summed E-state index contributed by atoms with van der Waals surface area (Å²) in [5.41, 5.74) is 0.0824. The molecule has 3 nitrogen and oxygen atoms in total. The number of aldehydes is 1. The molecule has 0 spiro atoms. The third-order valence-corrected chi connectivity index (χ3v) is 1.92. The maximum absolute atomic E-state index is 10.4. The Morgan fingerprint density at radius 2 is 1.92 bits per heavy atom. The van der Waals surface area contributed by atoms with Crippen LogP contribution in [0.2, 0.25) is 0 Å². The minimum Gasteiger partial charge on any atom is -0.351 e. The highest BCUT2D eigenvalue weighted by Gasteiger charge is 2.30. The SMILES string of the molecule is CC(C=O)C1OCC(C)(C)CO1. The van der Waals surface area contributed by atoms with E-state index < -0.39 is 0 Å². The minimum absolute atomic E-state index is 0.0824. The Kier molecular flexibility index (Phi) is 2.85.